The molecule has 1 N–H and O–H groups in total. The maximum Gasteiger partial charge on any atom is 0.227 e. The van der Waals surface area contributed by atoms with Crippen LogP contribution in [-0.4, -0.2) is 40.9 Å². The van der Waals surface area contributed by atoms with Crippen molar-refractivity contribution in [1.82, 2.24) is 9.88 Å². The van der Waals surface area contributed by atoms with E-state index in [-0.39, 0.29) is 36.1 Å². The average Bonchev–Trinajstić information content (AvgIpc) is 3.57. The molecule has 152 valence electrons. The van der Waals surface area contributed by atoms with Gasteiger partial charge in [0.15, 0.2) is 0 Å². The van der Waals surface area contributed by atoms with E-state index >= 15 is 0 Å². The number of likely N-dealkylation sites (tertiary alicyclic amines) is 1. The predicted octanol–water partition coefficient (Wildman–Crippen LogP) is 3.18. The fourth-order valence-electron chi connectivity index (χ4n) is 3.40. The largest absolute Gasteiger partial charge is 0.474 e. The molecule has 1 aromatic carbocycles. The Balaban J connectivity index is 1.22. The van der Waals surface area contributed by atoms with E-state index < -0.39 is 0 Å². The highest BCUT2D eigenvalue weighted by Crippen LogP contribution is 2.30. The van der Waals surface area contributed by atoms with Crippen LogP contribution in [0.3, 0.4) is 0 Å². The third kappa shape index (κ3) is 5.31. The van der Waals surface area contributed by atoms with Crippen LogP contribution in [0.25, 0.3) is 0 Å². The molecule has 4 rings (SSSR count). The first kappa shape index (κ1) is 19.4. The molecule has 1 saturated heterocycles. The van der Waals surface area contributed by atoms with Crippen molar-refractivity contribution in [2.75, 3.05) is 18.4 Å². The number of halogens is 1. The lowest BCUT2D eigenvalue weighted by atomic mass is 10.1. The zero-order valence-corrected chi connectivity index (χ0v) is 16.1. The van der Waals surface area contributed by atoms with Gasteiger partial charge in [0.05, 0.1) is 18.3 Å². The third-order valence-electron chi connectivity index (χ3n) is 5.30. The normalized spacial score (nSPS) is 17.1. The first-order valence-electron chi connectivity index (χ1n) is 10.0. The van der Waals surface area contributed by atoms with Gasteiger partial charge in [0, 0.05) is 37.9 Å². The van der Waals surface area contributed by atoms with E-state index in [9.17, 15) is 14.0 Å². The zero-order chi connectivity index (χ0) is 20.2. The van der Waals surface area contributed by atoms with Gasteiger partial charge in [-0.1, -0.05) is 12.1 Å². The van der Waals surface area contributed by atoms with Crippen LogP contribution in [0, 0.1) is 11.7 Å². The third-order valence-corrected chi connectivity index (χ3v) is 5.30. The monoisotopic (exact) mass is 397 g/mol. The van der Waals surface area contributed by atoms with Gasteiger partial charge in [-0.25, -0.2) is 9.37 Å². The Hall–Kier alpha value is -2.96. The van der Waals surface area contributed by atoms with Crippen LogP contribution in [0.2, 0.25) is 0 Å². The van der Waals surface area contributed by atoms with Crippen LogP contribution in [0.4, 0.5) is 10.1 Å². The Morgan fingerprint density at radius 3 is 2.41 bits per heavy atom. The predicted molar refractivity (Wildman–Crippen MR) is 106 cm³/mol. The van der Waals surface area contributed by atoms with E-state index in [1.54, 1.807) is 30.5 Å². The molecule has 2 fully saturated rings. The number of hydrogen-bond acceptors (Lipinski definition) is 4. The molecular weight excluding hydrogens is 373 g/mol. The minimum absolute atomic E-state index is 0.00396. The number of nitrogens with one attached hydrogen (secondary N) is 1. The summed E-state index contributed by atoms with van der Waals surface area (Å²) in [6.45, 7) is 1.25. The number of ether oxygens (including phenoxy) is 1. The molecule has 1 saturated carbocycles. The van der Waals surface area contributed by atoms with Crippen molar-refractivity contribution in [3.63, 3.8) is 0 Å². The molecule has 2 aliphatic rings. The van der Waals surface area contributed by atoms with E-state index in [0.717, 1.165) is 31.2 Å². The van der Waals surface area contributed by atoms with Crippen LogP contribution < -0.4 is 10.1 Å². The molecular formula is C22H24FN3O3. The van der Waals surface area contributed by atoms with Gasteiger partial charge in [0.2, 0.25) is 17.7 Å². The Bertz CT molecular complexity index is 858. The number of pyridine rings is 1. The second-order valence-corrected chi connectivity index (χ2v) is 7.65. The number of hydrogen-bond donors (Lipinski definition) is 1. The standard InChI is InChI=1S/C22H24FN3O3/c23-17-5-1-15(2-6-17)13-21(27)26-11-9-19(10-12-26)29-20-8-7-18(14-24-20)25-22(28)16-3-4-16/h1-2,5-8,14,16,19H,3-4,9-13H2,(H,25,28). The number of carbonyl (C=O) groups is 2. The van der Waals surface area contributed by atoms with Crippen LogP contribution in [-0.2, 0) is 16.0 Å². The topological polar surface area (TPSA) is 71.5 Å². The number of anilines is 1. The van der Waals surface area contributed by atoms with E-state index in [0.29, 0.717) is 24.7 Å². The Morgan fingerprint density at radius 2 is 1.79 bits per heavy atom. The number of nitrogens with zero attached hydrogens (tertiary/aromatic N) is 2. The minimum Gasteiger partial charge on any atom is -0.474 e. The van der Waals surface area contributed by atoms with E-state index in [1.165, 1.54) is 12.1 Å². The van der Waals surface area contributed by atoms with Gasteiger partial charge in [-0.3, -0.25) is 9.59 Å². The summed E-state index contributed by atoms with van der Waals surface area (Å²) < 4.78 is 18.9. The van der Waals surface area contributed by atoms with Gasteiger partial charge in [-0.2, -0.15) is 0 Å². The SMILES string of the molecule is O=C(Nc1ccc(OC2CCN(C(=O)Cc3ccc(F)cc3)CC2)nc1)C1CC1. The summed E-state index contributed by atoms with van der Waals surface area (Å²) in [5.74, 6) is 0.473. The summed E-state index contributed by atoms with van der Waals surface area (Å²) >= 11 is 0. The first-order valence-corrected chi connectivity index (χ1v) is 10.0. The summed E-state index contributed by atoms with van der Waals surface area (Å²) in [5.41, 5.74) is 1.49. The van der Waals surface area contributed by atoms with E-state index in [2.05, 4.69) is 10.3 Å². The molecule has 1 aliphatic carbocycles. The lowest BCUT2D eigenvalue weighted by Gasteiger charge is -2.32. The van der Waals surface area contributed by atoms with Gasteiger partial charge in [0.25, 0.3) is 0 Å². The number of carbonyl (C=O) groups excluding carboxylic acids is 2. The van der Waals surface area contributed by atoms with Gasteiger partial charge in [-0.05, 0) is 36.6 Å². The highest BCUT2D eigenvalue weighted by atomic mass is 19.1. The number of piperidine rings is 1. The van der Waals surface area contributed by atoms with Gasteiger partial charge < -0.3 is 15.0 Å². The summed E-state index contributed by atoms with van der Waals surface area (Å²) in [4.78, 5) is 30.3. The van der Waals surface area contributed by atoms with E-state index in [1.807, 2.05) is 4.90 Å². The van der Waals surface area contributed by atoms with Crippen molar-refractivity contribution in [1.29, 1.82) is 0 Å². The summed E-state index contributed by atoms with van der Waals surface area (Å²) in [6, 6.07) is 9.59. The molecule has 0 radical (unpaired) electrons. The van der Waals surface area contributed by atoms with Crippen molar-refractivity contribution in [2.45, 2.75) is 38.2 Å². The summed E-state index contributed by atoms with van der Waals surface area (Å²) in [6.07, 6.45) is 5.29. The van der Waals surface area contributed by atoms with Crippen molar-refractivity contribution in [3.05, 3.63) is 54.0 Å². The molecule has 29 heavy (non-hydrogen) atoms. The van der Waals surface area contributed by atoms with Crippen LogP contribution in [0.5, 0.6) is 5.88 Å². The zero-order valence-electron chi connectivity index (χ0n) is 16.1. The van der Waals surface area contributed by atoms with Crippen LogP contribution in [0.15, 0.2) is 42.6 Å². The second-order valence-electron chi connectivity index (χ2n) is 7.65. The van der Waals surface area contributed by atoms with Crippen molar-refractivity contribution < 1.29 is 18.7 Å². The van der Waals surface area contributed by atoms with Crippen molar-refractivity contribution >= 4 is 17.5 Å². The highest BCUT2D eigenvalue weighted by molar-refractivity contribution is 5.93. The average molecular weight is 397 g/mol. The Morgan fingerprint density at radius 1 is 1.07 bits per heavy atom. The quantitative estimate of drug-likeness (QED) is 0.813. The molecule has 1 aromatic heterocycles. The minimum atomic E-state index is -0.300. The molecule has 2 aromatic rings. The molecule has 0 bridgehead atoms. The number of benzene rings is 1. The van der Waals surface area contributed by atoms with E-state index in [4.69, 9.17) is 4.74 Å². The Kier molecular flexibility index (Phi) is 5.74. The second kappa shape index (κ2) is 8.59. The molecule has 7 heteroatoms. The molecule has 0 spiro atoms. The molecule has 1 aliphatic heterocycles. The number of aromatic nitrogens is 1. The molecule has 0 unspecified atom stereocenters. The van der Waals surface area contributed by atoms with Crippen molar-refractivity contribution in [2.24, 2.45) is 5.92 Å². The fourth-order valence-corrected chi connectivity index (χ4v) is 3.40. The first-order chi connectivity index (χ1) is 14.1. The number of amides is 2. The maximum atomic E-state index is 13.0. The molecule has 2 amide bonds. The lowest BCUT2D eigenvalue weighted by Crippen LogP contribution is -2.42. The van der Waals surface area contributed by atoms with Gasteiger partial charge in [0.1, 0.15) is 11.9 Å². The maximum absolute atomic E-state index is 13.0. The smallest absolute Gasteiger partial charge is 0.227 e. The van der Waals surface area contributed by atoms with Crippen LogP contribution >= 0.6 is 0 Å². The summed E-state index contributed by atoms with van der Waals surface area (Å²) in [7, 11) is 0. The fraction of sp³-hybridized carbons (Fsp3) is 0.409. The molecule has 0 atom stereocenters. The highest BCUT2D eigenvalue weighted by Gasteiger charge is 2.29. The van der Waals surface area contributed by atoms with Gasteiger partial charge in [-0.15, -0.1) is 0 Å². The molecule has 2 heterocycles. The lowest BCUT2D eigenvalue weighted by molar-refractivity contribution is -0.132. The van der Waals surface area contributed by atoms with Gasteiger partial charge >= 0.3 is 0 Å². The van der Waals surface area contributed by atoms with Crippen LogP contribution in [0.1, 0.15) is 31.2 Å². The summed E-state index contributed by atoms with van der Waals surface area (Å²) in [5, 5.41) is 2.85. The van der Waals surface area contributed by atoms with Crippen molar-refractivity contribution in [3.8, 4) is 5.88 Å². The Labute approximate surface area is 169 Å². The molecule has 6 nitrogen and oxygen atoms in total. The number of rotatable bonds is 6.